The number of benzene rings is 2. The van der Waals surface area contributed by atoms with E-state index in [1.165, 1.54) is 11.1 Å². The zero-order chi connectivity index (χ0) is 15.7. The quantitative estimate of drug-likeness (QED) is 0.715. The van der Waals surface area contributed by atoms with Gasteiger partial charge in [0, 0.05) is 18.9 Å². The minimum absolute atomic E-state index is 0.686. The molecule has 114 valence electrons. The van der Waals surface area contributed by atoms with Crippen LogP contribution in [0.4, 0.5) is 0 Å². The molecule has 0 bridgehead atoms. The van der Waals surface area contributed by atoms with E-state index >= 15 is 0 Å². The van der Waals surface area contributed by atoms with Crippen molar-refractivity contribution in [3.63, 3.8) is 0 Å². The minimum atomic E-state index is 0.686. The van der Waals surface area contributed by atoms with Crippen molar-refractivity contribution in [2.75, 3.05) is 0 Å². The lowest BCUT2D eigenvalue weighted by Gasteiger charge is -1.95. The van der Waals surface area contributed by atoms with Gasteiger partial charge in [-0.25, -0.2) is 0 Å². The molecule has 0 saturated heterocycles. The average molecular weight is 301 g/mol. The fraction of sp³-hybridized carbons (Fsp3) is 0.150. The van der Waals surface area contributed by atoms with Gasteiger partial charge in [0.05, 0.1) is 24.5 Å². The van der Waals surface area contributed by atoms with E-state index in [1.807, 2.05) is 48.8 Å². The van der Waals surface area contributed by atoms with Gasteiger partial charge in [0.15, 0.2) is 0 Å². The maximum absolute atomic E-state index is 4.53. The number of rotatable bonds is 6. The molecule has 2 aromatic rings. The second-order valence-corrected chi connectivity index (χ2v) is 5.35. The smallest absolute Gasteiger partial charge is 0.0776 e. The molecule has 1 heterocycles. The molecule has 0 amide bonds. The molecule has 0 N–H and O–H groups in total. The van der Waals surface area contributed by atoms with E-state index < -0.39 is 0 Å². The Kier molecular flexibility index (Phi) is 5.25. The van der Waals surface area contributed by atoms with Gasteiger partial charge in [0.1, 0.15) is 0 Å². The lowest BCUT2D eigenvalue weighted by atomic mass is 10.2. The largest absolute Gasteiger partial charge is 0.287 e. The summed E-state index contributed by atoms with van der Waals surface area (Å²) in [6, 6.07) is 20.4. The van der Waals surface area contributed by atoms with Crippen LogP contribution in [0.5, 0.6) is 0 Å². The molecule has 0 aromatic heterocycles. The summed E-state index contributed by atoms with van der Waals surface area (Å²) in [6.45, 7) is 1.38. The van der Waals surface area contributed by atoms with Crippen LogP contribution in [0.1, 0.15) is 17.5 Å². The summed E-state index contributed by atoms with van der Waals surface area (Å²) in [5, 5.41) is 0. The highest BCUT2D eigenvalue weighted by molar-refractivity contribution is 6.32. The van der Waals surface area contributed by atoms with Crippen LogP contribution in [0.2, 0.25) is 0 Å². The first-order valence-electron chi connectivity index (χ1n) is 7.75. The molecule has 3 heteroatoms. The molecule has 0 atom stereocenters. The summed E-state index contributed by atoms with van der Waals surface area (Å²) in [5.41, 5.74) is 4.32. The van der Waals surface area contributed by atoms with Crippen LogP contribution in [-0.2, 0) is 13.1 Å². The van der Waals surface area contributed by atoms with Gasteiger partial charge in [0.2, 0.25) is 0 Å². The van der Waals surface area contributed by atoms with E-state index in [2.05, 4.69) is 45.3 Å². The van der Waals surface area contributed by atoms with Crippen LogP contribution in [0, 0.1) is 0 Å². The maximum Gasteiger partial charge on any atom is 0.0776 e. The Morgan fingerprint density at radius 2 is 1.35 bits per heavy atom. The lowest BCUT2D eigenvalue weighted by molar-refractivity contribution is 1.07. The van der Waals surface area contributed by atoms with Crippen molar-refractivity contribution in [1.29, 1.82) is 0 Å². The summed E-state index contributed by atoms with van der Waals surface area (Å²) in [4.78, 5) is 13.4. The van der Waals surface area contributed by atoms with Crippen LogP contribution in [0.25, 0.3) is 0 Å². The van der Waals surface area contributed by atoms with E-state index in [0.29, 0.717) is 13.1 Å². The Bertz CT molecular complexity index is 741. The highest BCUT2D eigenvalue weighted by atomic mass is 14.8. The maximum atomic E-state index is 4.53. The molecule has 1 aliphatic heterocycles. The van der Waals surface area contributed by atoms with E-state index in [1.54, 1.807) is 0 Å². The summed E-state index contributed by atoms with van der Waals surface area (Å²) >= 11 is 0. The molecule has 0 aliphatic carbocycles. The van der Waals surface area contributed by atoms with Gasteiger partial charge in [-0.2, -0.15) is 0 Å². The van der Waals surface area contributed by atoms with Crippen LogP contribution < -0.4 is 0 Å². The van der Waals surface area contributed by atoms with Crippen molar-refractivity contribution in [3.05, 3.63) is 83.6 Å². The summed E-state index contributed by atoms with van der Waals surface area (Å²) < 4.78 is 0. The highest BCUT2D eigenvalue weighted by Crippen LogP contribution is 2.09. The molecule has 0 fully saturated rings. The van der Waals surface area contributed by atoms with Gasteiger partial charge in [-0.15, -0.1) is 0 Å². The van der Waals surface area contributed by atoms with Gasteiger partial charge in [-0.1, -0.05) is 66.7 Å². The Hall–Kier alpha value is -2.81. The standard InChI is InChI=1S/C20H19N3/c1-3-7-17(8-4-1)13-21-15-19-11-12-20(23-19)16-22-14-18-9-5-2-6-10-18/h1-11,15-16H,12-14H2. The van der Waals surface area contributed by atoms with Crippen molar-refractivity contribution in [2.24, 2.45) is 15.0 Å². The Balaban J connectivity index is 1.49. The SMILES string of the molecule is C(=NCc1ccccc1)C1=CCC(C=NCc2ccccc2)=N1. The van der Waals surface area contributed by atoms with E-state index in [0.717, 1.165) is 17.8 Å². The summed E-state index contributed by atoms with van der Waals surface area (Å²) in [5.74, 6) is 0. The first-order valence-corrected chi connectivity index (χ1v) is 7.75. The van der Waals surface area contributed by atoms with Gasteiger partial charge in [0.25, 0.3) is 0 Å². The van der Waals surface area contributed by atoms with Crippen LogP contribution in [-0.4, -0.2) is 18.1 Å². The van der Waals surface area contributed by atoms with Gasteiger partial charge >= 0.3 is 0 Å². The summed E-state index contributed by atoms with van der Waals surface area (Å²) in [7, 11) is 0. The van der Waals surface area contributed by atoms with Crippen LogP contribution >= 0.6 is 0 Å². The van der Waals surface area contributed by atoms with Gasteiger partial charge < -0.3 is 0 Å². The fourth-order valence-corrected chi connectivity index (χ4v) is 2.30. The molecule has 0 spiro atoms. The first-order chi connectivity index (χ1) is 11.4. The van der Waals surface area contributed by atoms with E-state index in [4.69, 9.17) is 0 Å². The molecule has 0 unspecified atom stereocenters. The van der Waals surface area contributed by atoms with E-state index in [-0.39, 0.29) is 0 Å². The van der Waals surface area contributed by atoms with Crippen LogP contribution in [0.3, 0.4) is 0 Å². The summed E-state index contributed by atoms with van der Waals surface area (Å²) in [6.07, 6.45) is 6.61. The third-order valence-electron chi connectivity index (χ3n) is 3.49. The predicted molar refractivity (Wildman–Crippen MR) is 97.4 cm³/mol. The Labute approximate surface area is 136 Å². The van der Waals surface area contributed by atoms with Crippen molar-refractivity contribution >= 4 is 18.1 Å². The first kappa shape index (κ1) is 15.1. The third kappa shape index (κ3) is 4.85. The van der Waals surface area contributed by atoms with Crippen molar-refractivity contribution in [2.45, 2.75) is 19.5 Å². The third-order valence-corrected chi connectivity index (χ3v) is 3.49. The number of hydrogen-bond acceptors (Lipinski definition) is 3. The monoisotopic (exact) mass is 301 g/mol. The van der Waals surface area contributed by atoms with Crippen molar-refractivity contribution in [3.8, 4) is 0 Å². The number of nitrogens with zero attached hydrogens (tertiary/aromatic N) is 3. The number of hydrogen-bond donors (Lipinski definition) is 0. The average Bonchev–Trinajstić information content (AvgIpc) is 3.05. The Morgan fingerprint density at radius 3 is 1.96 bits per heavy atom. The van der Waals surface area contributed by atoms with Gasteiger partial charge in [-0.05, 0) is 11.1 Å². The molecule has 0 radical (unpaired) electrons. The Morgan fingerprint density at radius 1 is 0.783 bits per heavy atom. The molecule has 2 aromatic carbocycles. The lowest BCUT2D eigenvalue weighted by Crippen LogP contribution is -1.95. The molecular weight excluding hydrogens is 282 g/mol. The molecule has 0 saturated carbocycles. The van der Waals surface area contributed by atoms with Crippen molar-refractivity contribution < 1.29 is 0 Å². The molecule has 1 aliphatic rings. The predicted octanol–water partition coefficient (Wildman–Crippen LogP) is 4.26. The molecule has 3 rings (SSSR count). The van der Waals surface area contributed by atoms with Gasteiger partial charge in [-0.3, -0.25) is 15.0 Å². The minimum Gasteiger partial charge on any atom is -0.287 e. The van der Waals surface area contributed by atoms with E-state index in [9.17, 15) is 0 Å². The molecule has 3 nitrogen and oxygen atoms in total. The number of allylic oxidation sites excluding steroid dienone is 2. The zero-order valence-corrected chi connectivity index (χ0v) is 13.0. The normalized spacial score (nSPS) is 14.4. The van der Waals surface area contributed by atoms with Crippen molar-refractivity contribution in [1.82, 2.24) is 0 Å². The van der Waals surface area contributed by atoms with Crippen LogP contribution in [0.15, 0.2) is 87.4 Å². The topological polar surface area (TPSA) is 37.1 Å². The second kappa shape index (κ2) is 7.99. The molecular formula is C20H19N3. The number of aliphatic imine (C=N–C) groups is 3. The fourth-order valence-electron chi connectivity index (χ4n) is 2.30. The molecule has 23 heavy (non-hydrogen) atoms. The zero-order valence-electron chi connectivity index (χ0n) is 13.0. The second-order valence-electron chi connectivity index (χ2n) is 5.35. The highest BCUT2D eigenvalue weighted by Gasteiger charge is 2.04.